The third kappa shape index (κ3) is 6.64. The minimum atomic E-state index is -1.95. The molecule has 1 aromatic carbocycles. The van der Waals surface area contributed by atoms with E-state index in [0.717, 1.165) is 78.0 Å². The van der Waals surface area contributed by atoms with E-state index in [0.29, 0.717) is 24.0 Å². The van der Waals surface area contributed by atoms with Gasteiger partial charge in [0.05, 0.1) is 28.3 Å². The van der Waals surface area contributed by atoms with Crippen LogP contribution in [0.25, 0.3) is 11.3 Å². The number of nitrogens with one attached hydrogen (secondary N) is 2. The molecule has 0 unspecified atom stereocenters. The highest BCUT2D eigenvalue weighted by Gasteiger charge is 2.42. The first-order chi connectivity index (χ1) is 21.8. The molecule has 2 N–H and O–H groups in total. The van der Waals surface area contributed by atoms with Crippen LogP contribution in [0.1, 0.15) is 75.8 Å². The van der Waals surface area contributed by atoms with Gasteiger partial charge in [0, 0.05) is 55.0 Å². The van der Waals surface area contributed by atoms with E-state index in [9.17, 15) is 5.26 Å². The van der Waals surface area contributed by atoms with Gasteiger partial charge in [0.25, 0.3) is 0 Å². The van der Waals surface area contributed by atoms with Crippen LogP contribution in [0.2, 0.25) is 18.1 Å². The number of aromatic nitrogens is 3. The summed E-state index contributed by atoms with van der Waals surface area (Å²) in [4.78, 5) is 16.8. The van der Waals surface area contributed by atoms with Crippen molar-refractivity contribution in [1.29, 1.82) is 5.26 Å². The number of benzene rings is 1. The van der Waals surface area contributed by atoms with Gasteiger partial charge in [0.15, 0.2) is 8.32 Å². The number of piperidine rings is 1. The number of rotatable bonds is 9. The molecule has 1 saturated heterocycles. The molecule has 6 rings (SSSR count). The fourth-order valence-corrected chi connectivity index (χ4v) is 7.31. The maximum absolute atomic E-state index is 10.1. The van der Waals surface area contributed by atoms with E-state index in [-0.39, 0.29) is 16.6 Å². The van der Waals surface area contributed by atoms with Crippen molar-refractivity contribution in [2.75, 3.05) is 36.9 Å². The number of aryl methyl sites for hydroxylation is 2. The average Bonchev–Trinajstić information content (AvgIpc) is 3.81. The Bertz CT molecular complexity index is 1650. The quantitative estimate of drug-likeness (QED) is 0.230. The summed E-state index contributed by atoms with van der Waals surface area (Å²) in [5, 5.41) is 17.1. The number of nitrogens with zero attached hydrogens (tertiary/aromatic N) is 5. The van der Waals surface area contributed by atoms with Crippen molar-refractivity contribution in [3.05, 3.63) is 52.8 Å². The molecule has 3 aliphatic rings. The minimum Gasteiger partial charge on any atom is -0.474 e. The Morgan fingerprint density at radius 3 is 2.52 bits per heavy atom. The van der Waals surface area contributed by atoms with Crippen LogP contribution in [0.4, 0.5) is 17.3 Å². The number of likely N-dealkylation sites (tertiary alicyclic amines) is 1. The number of anilines is 3. The molecule has 2 aromatic heterocycles. The molecule has 1 atom stereocenters. The van der Waals surface area contributed by atoms with E-state index >= 15 is 0 Å². The summed E-state index contributed by atoms with van der Waals surface area (Å²) in [6, 6.07) is 11.3. The predicted octanol–water partition coefficient (Wildman–Crippen LogP) is 7.48. The number of ether oxygens (including phenoxy) is 1. The molecular weight excluding hydrogens is 591 g/mol. The van der Waals surface area contributed by atoms with Gasteiger partial charge in [-0.05, 0) is 87.5 Å². The first-order valence-electron chi connectivity index (χ1n) is 16.7. The van der Waals surface area contributed by atoms with Crippen LogP contribution in [0.5, 0.6) is 5.88 Å². The second-order valence-corrected chi connectivity index (χ2v) is 20.0. The molecule has 0 radical (unpaired) electrons. The van der Waals surface area contributed by atoms with E-state index in [4.69, 9.17) is 19.1 Å². The summed E-state index contributed by atoms with van der Waals surface area (Å²) in [6.45, 7) is 21.1. The third-order valence-electron chi connectivity index (χ3n) is 10.5. The van der Waals surface area contributed by atoms with Crippen molar-refractivity contribution in [3.8, 4) is 23.2 Å². The Kier molecular flexibility index (Phi) is 8.63. The third-order valence-corrected chi connectivity index (χ3v) is 15.0. The van der Waals surface area contributed by atoms with E-state index in [1.54, 1.807) is 6.20 Å². The molecule has 1 aliphatic carbocycles. The lowest BCUT2D eigenvalue weighted by Crippen LogP contribution is -2.45. The summed E-state index contributed by atoms with van der Waals surface area (Å²) in [5.74, 6) is 1.18. The van der Waals surface area contributed by atoms with Gasteiger partial charge in [-0.3, -0.25) is 0 Å². The molecule has 10 heteroatoms. The molecular formula is C36H49N7O2Si. The van der Waals surface area contributed by atoms with Crippen LogP contribution in [0, 0.1) is 25.2 Å². The normalized spacial score (nSPS) is 20.6. The fraction of sp³-hybridized carbons (Fsp3) is 0.556. The Labute approximate surface area is 275 Å². The van der Waals surface area contributed by atoms with Crippen LogP contribution < -0.4 is 15.4 Å². The van der Waals surface area contributed by atoms with Crippen molar-refractivity contribution < 1.29 is 9.16 Å². The Morgan fingerprint density at radius 1 is 1.11 bits per heavy atom. The van der Waals surface area contributed by atoms with Crippen LogP contribution in [0.15, 0.2) is 30.5 Å². The Hall–Kier alpha value is -3.52. The first-order valence-corrected chi connectivity index (χ1v) is 19.6. The van der Waals surface area contributed by atoms with Gasteiger partial charge >= 0.3 is 0 Å². The highest BCUT2D eigenvalue weighted by molar-refractivity contribution is 6.74. The molecule has 2 aliphatic heterocycles. The first kappa shape index (κ1) is 32.4. The SMILES string of the molecule is Cc1cc(Nc2nccc(-c3cc(C#N)c4c(c3)[C@@](C)(CO[Si](C)(C)C(C)(C)C)CN4)n2)c(C)nc1OC1CCN(C2CC2)CC1. The topological polar surface area (TPSA) is 108 Å². The van der Waals surface area contributed by atoms with Crippen molar-refractivity contribution in [3.63, 3.8) is 0 Å². The molecule has 3 aromatic rings. The summed E-state index contributed by atoms with van der Waals surface area (Å²) >= 11 is 0. The van der Waals surface area contributed by atoms with Crippen LogP contribution in [-0.4, -0.2) is 66.6 Å². The lowest BCUT2D eigenvalue weighted by atomic mass is 9.83. The number of nitriles is 1. The molecule has 1 saturated carbocycles. The molecule has 9 nitrogen and oxygen atoms in total. The van der Waals surface area contributed by atoms with Gasteiger partial charge in [-0.2, -0.15) is 5.26 Å². The smallest absolute Gasteiger partial charge is 0.227 e. The van der Waals surface area contributed by atoms with Crippen molar-refractivity contribution in [2.45, 2.75) is 103 Å². The highest BCUT2D eigenvalue weighted by atomic mass is 28.4. The molecule has 4 heterocycles. The number of hydrogen-bond donors (Lipinski definition) is 2. The standard InChI is InChI=1S/C36H49N7O2Si/c1-23-17-31(24(2)40-33(23)45-28-12-15-43(16-13-28)27-9-10-27)42-34-38-14-11-30(41-34)25-18-26(20-37)32-29(19-25)36(6,21-39-32)22-44-46(7,8)35(3,4)5/h11,14,17-19,27-28,39H,9-10,12-13,15-16,21-22H2,1-8H3,(H,38,41,42)/t36-/m1/s1. The van der Waals surface area contributed by atoms with E-state index in [1.165, 1.54) is 12.8 Å². The molecule has 46 heavy (non-hydrogen) atoms. The molecule has 2 fully saturated rings. The van der Waals surface area contributed by atoms with E-state index < -0.39 is 8.32 Å². The lowest BCUT2D eigenvalue weighted by Gasteiger charge is -2.39. The second kappa shape index (κ2) is 12.3. The zero-order chi connectivity index (χ0) is 32.9. The second-order valence-electron chi connectivity index (χ2n) is 15.2. The van der Waals surface area contributed by atoms with Gasteiger partial charge in [-0.1, -0.05) is 27.7 Å². The predicted molar refractivity (Wildman–Crippen MR) is 186 cm³/mol. The zero-order valence-corrected chi connectivity index (χ0v) is 29.8. The highest BCUT2D eigenvalue weighted by Crippen LogP contribution is 2.44. The summed E-state index contributed by atoms with van der Waals surface area (Å²) in [6.07, 6.45) is 6.76. The molecule has 0 spiro atoms. The van der Waals surface area contributed by atoms with E-state index in [1.807, 2.05) is 26.0 Å². The molecule has 0 amide bonds. The summed E-state index contributed by atoms with van der Waals surface area (Å²) in [5.41, 5.74) is 6.63. The monoisotopic (exact) mass is 639 g/mol. The van der Waals surface area contributed by atoms with Crippen molar-refractivity contribution >= 4 is 25.6 Å². The van der Waals surface area contributed by atoms with Gasteiger partial charge in [-0.25, -0.2) is 15.0 Å². The van der Waals surface area contributed by atoms with Crippen molar-refractivity contribution in [1.82, 2.24) is 19.9 Å². The van der Waals surface area contributed by atoms with Gasteiger partial charge in [0.1, 0.15) is 12.2 Å². The number of hydrogen-bond acceptors (Lipinski definition) is 9. The lowest BCUT2D eigenvalue weighted by molar-refractivity contribution is 0.0923. The number of pyridine rings is 1. The molecule has 244 valence electrons. The van der Waals surface area contributed by atoms with Crippen LogP contribution in [-0.2, 0) is 9.84 Å². The summed E-state index contributed by atoms with van der Waals surface area (Å²) < 4.78 is 13.1. The fourth-order valence-electron chi connectivity index (χ4n) is 6.19. The van der Waals surface area contributed by atoms with Gasteiger partial charge in [-0.15, -0.1) is 0 Å². The van der Waals surface area contributed by atoms with Gasteiger partial charge in [0.2, 0.25) is 11.8 Å². The largest absolute Gasteiger partial charge is 0.474 e. The van der Waals surface area contributed by atoms with Crippen molar-refractivity contribution in [2.24, 2.45) is 0 Å². The van der Waals surface area contributed by atoms with Gasteiger partial charge < -0.3 is 24.7 Å². The average molecular weight is 640 g/mol. The van der Waals surface area contributed by atoms with E-state index in [2.05, 4.69) is 79.5 Å². The maximum atomic E-state index is 10.1. The summed E-state index contributed by atoms with van der Waals surface area (Å²) in [7, 11) is -1.95. The van der Waals surface area contributed by atoms with Crippen LogP contribution in [0.3, 0.4) is 0 Å². The zero-order valence-electron chi connectivity index (χ0n) is 28.8. The Morgan fingerprint density at radius 2 is 1.85 bits per heavy atom. The van der Waals surface area contributed by atoms with Crippen LogP contribution >= 0.6 is 0 Å². The maximum Gasteiger partial charge on any atom is 0.227 e. The molecule has 0 bridgehead atoms. The number of fused-ring (bicyclic) bond motifs is 1. The Balaban J connectivity index is 1.20. The minimum absolute atomic E-state index is 0.120.